The van der Waals surface area contributed by atoms with Gasteiger partial charge in [0.1, 0.15) is 18.0 Å². The van der Waals surface area contributed by atoms with Gasteiger partial charge in [-0.1, -0.05) is 0 Å². The fourth-order valence-corrected chi connectivity index (χ4v) is 2.74. The van der Waals surface area contributed by atoms with Crippen LogP contribution in [0.1, 0.15) is 30.4 Å². The molecule has 1 fully saturated rings. The molecule has 0 bridgehead atoms. The lowest BCUT2D eigenvalue weighted by Gasteiger charge is -2.30. The van der Waals surface area contributed by atoms with Gasteiger partial charge in [0, 0.05) is 38.3 Å². The number of H-pyrrole nitrogens is 1. The minimum absolute atomic E-state index is 0.548. The van der Waals surface area contributed by atoms with E-state index < -0.39 is 0 Å². The van der Waals surface area contributed by atoms with Crippen molar-refractivity contribution < 1.29 is 0 Å². The number of hydrogen-bond donors (Lipinski definition) is 1. The number of aromatic nitrogens is 5. The molecule has 6 heteroatoms. The second-order valence-corrected chi connectivity index (χ2v) is 5.19. The summed E-state index contributed by atoms with van der Waals surface area (Å²) >= 11 is 0. The number of imidazole rings is 1. The predicted octanol–water partition coefficient (Wildman–Crippen LogP) is 0.960. The molecule has 0 atom stereocenters. The van der Waals surface area contributed by atoms with Crippen molar-refractivity contribution in [2.24, 2.45) is 7.05 Å². The number of piperidine rings is 1. The summed E-state index contributed by atoms with van der Waals surface area (Å²) in [6.45, 7) is 3.36. The summed E-state index contributed by atoms with van der Waals surface area (Å²) in [5.74, 6) is 2.76. The van der Waals surface area contributed by atoms with Crippen molar-refractivity contribution in [3.63, 3.8) is 0 Å². The van der Waals surface area contributed by atoms with Crippen molar-refractivity contribution >= 4 is 0 Å². The maximum Gasteiger partial charge on any atom is 0.137 e. The normalized spacial score (nSPS) is 17.9. The van der Waals surface area contributed by atoms with Gasteiger partial charge in [-0.25, -0.2) is 9.97 Å². The summed E-state index contributed by atoms with van der Waals surface area (Å²) in [4.78, 5) is 11.1. The molecule has 0 aromatic carbocycles. The van der Waals surface area contributed by atoms with Crippen LogP contribution in [-0.2, 0) is 13.5 Å². The number of aromatic amines is 1. The Labute approximate surface area is 112 Å². The molecular formula is C13H20N6. The van der Waals surface area contributed by atoms with E-state index in [1.165, 1.54) is 0 Å². The van der Waals surface area contributed by atoms with Crippen LogP contribution in [0.25, 0.3) is 0 Å². The molecule has 0 spiro atoms. The molecule has 2 aromatic rings. The topological polar surface area (TPSA) is 62.6 Å². The average molecular weight is 260 g/mol. The van der Waals surface area contributed by atoms with Crippen molar-refractivity contribution in [3.8, 4) is 0 Å². The third-order valence-electron chi connectivity index (χ3n) is 3.98. The summed E-state index contributed by atoms with van der Waals surface area (Å²) in [5.41, 5.74) is 0. The van der Waals surface area contributed by atoms with Crippen LogP contribution in [0.3, 0.4) is 0 Å². The molecule has 0 unspecified atom stereocenters. The van der Waals surface area contributed by atoms with Crippen LogP contribution >= 0.6 is 0 Å². The first kappa shape index (κ1) is 12.3. The standard InChI is InChI=1S/C13H20N6/c1-18-9-5-14-12(18)4-8-19-6-2-11(3-7-19)13-15-10-16-17-13/h5,9-11H,2-4,6-8H2,1H3,(H,15,16,17). The predicted molar refractivity (Wildman–Crippen MR) is 71.7 cm³/mol. The molecule has 0 radical (unpaired) electrons. The largest absolute Gasteiger partial charge is 0.338 e. The molecular weight excluding hydrogens is 240 g/mol. The summed E-state index contributed by atoms with van der Waals surface area (Å²) in [5, 5.41) is 6.93. The fourth-order valence-electron chi connectivity index (χ4n) is 2.74. The molecule has 19 heavy (non-hydrogen) atoms. The van der Waals surface area contributed by atoms with E-state index in [0.717, 1.165) is 50.5 Å². The lowest BCUT2D eigenvalue weighted by molar-refractivity contribution is 0.210. The lowest BCUT2D eigenvalue weighted by Crippen LogP contribution is -2.35. The molecule has 3 heterocycles. The zero-order valence-corrected chi connectivity index (χ0v) is 11.3. The maximum atomic E-state index is 4.37. The molecule has 3 rings (SSSR count). The van der Waals surface area contributed by atoms with Gasteiger partial charge in [-0.2, -0.15) is 5.10 Å². The van der Waals surface area contributed by atoms with Gasteiger partial charge in [-0.15, -0.1) is 0 Å². The van der Waals surface area contributed by atoms with Gasteiger partial charge in [0.25, 0.3) is 0 Å². The Balaban J connectivity index is 1.47. The first-order valence-corrected chi connectivity index (χ1v) is 6.87. The second kappa shape index (κ2) is 5.52. The van der Waals surface area contributed by atoms with Crippen LogP contribution < -0.4 is 0 Å². The number of rotatable bonds is 4. The number of hydrogen-bond acceptors (Lipinski definition) is 4. The minimum Gasteiger partial charge on any atom is -0.338 e. The number of likely N-dealkylation sites (tertiary alicyclic amines) is 1. The summed E-state index contributed by atoms with van der Waals surface area (Å²) < 4.78 is 2.10. The van der Waals surface area contributed by atoms with Crippen molar-refractivity contribution in [2.45, 2.75) is 25.2 Å². The highest BCUT2D eigenvalue weighted by molar-refractivity contribution is 4.97. The number of nitrogens with one attached hydrogen (secondary N) is 1. The van der Waals surface area contributed by atoms with Gasteiger partial charge in [0.15, 0.2) is 0 Å². The van der Waals surface area contributed by atoms with Crippen LogP contribution in [0.15, 0.2) is 18.7 Å². The average Bonchev–Trinajstić information content (AvgIpc) is 3.09. The molecule has 6 nitrogen and oxygen atoms in total. The molecule has 2 aromatic heterocycles. The quantitative estimate of drug-likeness (QED) is 0.889. The Morgan fingerprint density at radius 2 is 2.16 bits per heavy atom. The van der Waals surface area contributed by atoms with E-state index >= 15 is 0 Å². The fraction of sp³-hybridized carbons (Fsp3) is 0.615. The molecule has 0 saturated carbocycles. The Hall–Kier alpha value is -1.69. The van der Waals surface area contributed by atoms with Gasteiger partial charge >= 0.3 is 0 Å². The van der Waals surface area contributed by atoms with Crippen LogP contribution in [0.5, 0.6) is 0 Å². The third kappa shape index (κ3) is 2.84. The Morgan fingerprint density at radius 3 is 2.79 bits per heavy atom. The lowest BCUT2D eigenvalue weighted by atomic mass is 9.96. The van der Waals surface area contributed by atoms with Crippen molar-refractivity contribution in [3.05, 3.63) is 30.4 Å². The highest BCUT2D eigenvalue weighted by Crippen LogP contribution is 2.24. The summed E-state index contributed by atoms with van der Waals surface area (Å²) in [7, 11) is 2.05. The SMILES string of the molecule is Cn1ccnc1CCN1CCC(c2ncn[nH]2)CC1. The highest BCUT2D eigenvalue weighted by atomic mass is 15.2. The third-order valence-corrected chi connectivity index (χ3v) is 3.98. The number of aryl methyl sites for hydroxylation is 1. The highest BCUT2D eigenvalue weighted by Gasteiger charge is 2.22. The van der Waals surface area contributed by atoms with Crippen molar-refractivity contribution in [2.75, 3.05) is 19.6 Å². The van der Waals surface area contributed by atoms with Crippen LogP contribution in [0.2, 0.25) is 0 Å². The van der Waals surface area contributed by atoms with Crippen molar-refractivity contribution in [1.82, 2.24) is 29.6 Å². The van der Waals surface area contributed by atoms with Gasteiger partial charge in [-0.05, 0) is 25.9 Å². The second-order valence-electron chi connectivity index (χ2n) is 5.19. The molecule has 1 N–H and O–H groups in total. The van der Waals surface area contributed by atoms with Gasteiger partial charge in [0.05, 0.1) is 0 Å². The van der Waals surface area contributed by atoms with Crippen LogP contribution in [-0.4, -0.2) is 49.3 Å². The maximum absolute atomic E-state index is 4.37. The first-order chi connectivity index (χ1) is 9.33. The molecule has 1 saturated heterocycles. The zero-order valence-electron chi connectivity index (χ0n) is 11.3. The molecule has 1 aliphatic rings. The van der Waals surface area contributed by atoms with E-state index in [1.807, 2.05) is 12.4 Å². The Morgan fingerprint density at radius 1 is 1.32 bits per heavy atom. The molecule has 102 valence electrons. The van der Waals surface area contributed by atoms with E-state index in [2.05, 4.69) is 36.7 Å². The van der Waals surface area contributed by atoms with E-state index in [4.69, 9.17) is 0 Å². The molecule has 0 amide bonds. The van der Waals surface area contributed by atoms with E-state index in [0.29, 0.717) is 5.92 Å². The Kier molecular flexibility index (Phi) is 3.59. The summed E-state index contributed by atoms with van der Waals surface area (Å²) in [6, 6.07) is 0. The van der Waals surface area contributed by atoms with Crippen LogP contribution in [0.4, 0.5) is 0 Å². The van der Waals surface area contributed by atoms with Gasteiger partial charge in [0.2, 0.25) is 0 Å². The van der Waals surface area contributed by atoms with E-state index in [9.17, 15) is 0 Å². The summed E-state index contributed by atoms with van der Waals surface area (Å²) in [6.07, 6.45) is 8.82. The zero-order chi connectivity index (χ0) is 13.1. The van der Waals surface area contributed by atoms with Crippen LogP contribution in [0, 0.1) is 0 Å². The van der Waals surface area contributed by atoms with E-state index in [1.54, 1.807) is 6.33 Å². The minimum atomic E-state index is 0.548. The smallest absolute Gasteiger partial charge is 0.137 e. The van der Waals surface area contributed by atoms with Gasteiger partial charge in [-0.3, -0.25) is 5.10 Å². The monoisotopic (exact) mass is 260 g/mol. The first-order valence-electron chi connectivity index (χ1n) is 6.87. The molecule has 0 aliphatic carbocycles. The Bertz CT molecular complexity index is 495. The van der Waals surface area contributed by atoms with E-state index in [-0.39, 0.29) is 0 Å². The van der Waals surface area contributed by atoms with Crippen molar-refractivity contribution in [1.29, 1.82) is 0 Å². The number of nitrogens with zero attached hydrogens (tertiary/aromatic N) is 5. The van der Waals surface area contributed by atoms with Gasteiger partial charge < -0.3 is 9.47 Å². The molecule has 1 aliphatic heterocycles.